The molecule has 1 atom stereocenters. The maximum absolute atomic E-state index is 12.5. The van der Waals surface area contributed by atoms with Crippen molar-refractivity contribution >= 4 is 11.9 Å². The number of nitrogens with two attached hydrogens (primary N) is 1. The minimum atomic E-state index is -1.03. The quantitative estimate of drug-likeness (QED) is 0.778. The summed E-state index contributed by atoms with van der Waals surface area (Å²) in [6.45, 7) is -0.0597. The molecule has 2 aromatic carbocycles. The molecule has 2 rings (SSSR count). The summed E-state index contributed by atoms with van der Waals surface area (Å²) >= 11 is 0. The fraction of sp³-hybridized carbons (Fsp3) is 0.263. The Labute approximate surface area is 141 Å². The highest BCUT2D eigenvalue weighted by Gasteiger charge is 2.20. The molecule has 3 N–H and O–H groups in total. The van der Waals surface area contributed by atoms with Gasteiger partial charge in [-0.1, -0.05) is 60.7 Å². The van der Waals surface area contributed by atoms with Crippen LogP contribution in [0.1, 0.15) is 17.5 Å². The highest BCUT2D eigenvalue weighted by molar-refractivity contribution is 5.81. The molecule has 0 aliphatic heterocycles. The molecule has 1 amide bonds. The van der Waals surface area contributed by atoms with E-state index < -0.39 is 5.97 Å². The Hall–Kier alpha value is -2.66. The topological polar surface area (TPSA) is 83.6 Å². The Morgan fingerprint density at radius 1 is 0.958 bits per heavy atom. The molecule has 24 heavy (non-hydrogen) atoms. The van der Waals surface area contributed by atoms with Crippen LogP contribution in [0.25, 0.3) is 0 Å². The first-order chi connectivity index (χ1) is 11.5. The normalized spacial score (nSPS) is 11.7. The molecule has 0 unspecified atom stereocenters. The molecule has 0 spiro atoms. The van der Waals surface area contributed by atoms with Crippen LogP contribution < -0.4 is 5.73 Å². The Bertz CT molecular complexity index is 659. The first-order valence-electron chi connectivity index (χ1n) is 7.87. The molecular formula is C19H22N2O3. The van der Waals surface area contributed by atoms with Gasteiger partial charge >= 0.3 is 5.97 Å². The van der Waals surface area contributed by atoms with E-state index in [1.165, 1.54) is 4.90 Å². The molecule has 0 saturated carbocycles. The number of hydrogen-bond acceptors (Lipinski definition) is 3. The Balaban J connectivity index is 1.97. The molecule has 126 valence electrons. The van der Waals surface area contributed by atoms with Gasteiger partial charge in [0.15, 0.2) is 0 Å². The second-order valence-electron chi connectivity index (χ2n) is 5.78. The fourth-order valence-corrected chi connectivity index (χ4v) is 2.54. The van der Waals surface area contributed by atoms with Gasteiger partial charge in [-0.25, -0.2) is 0 Å². The van der Waals surface area contributed by atoms with Crippen LogP contribution in [0, 0.1) is 0 Å². The van der Waals surface area contributed by atoms with E-state index in [-0.39, 0.29) is 31.5 Å². The van der Waals surface area contributed by atoms with Crippen LogP contribution in [0.15, 0.2) is 60.7 Å². The molecule has 0 aliphatic rings. The summed E-state index contributed by atoms with van der Waals surface area (Å²) < 4.78 is 0. The maximum Gasteiger partial charge on any atom is 0.323 e. The zero-order chi connectivity index (χ0) is 17.4. The van der Waals surface area contributed by atoms with E-state index in [1.807, 2.05) is 60.7 Å². The van der Waals surface area contributed by atoms with Gasteiger partial charge in [0.25, 0.3) is 0 Å². The van der Waals surface area contributed by atoms with Gasteiger partial charge in [-0.15, -0.1) is 0 Å². The zero-order valence-corrected chi connectivity index (χ0v) is 13.5. The second-order valence-corrected chi connectivity index (χ2v) is 5.78. The molecule has 0 saturated heterocycles. The van der Waals surface area contributed by atoms with Crippen LogP contribution in [-0.4, -0.2) is 34.5 Å². The van der Waals surface area contributed by atoms with Crippen molar-refractivity contribution in [3.63, 3.8) is 0 Å². The molecule has 0 aromatic heterocycles. The lowest BCUT2D eigenvalue weighted by Crippen LogP contribution is -2.39. The number of carboxylic acid groups (broad SMARTS) is 1. The molecule has 0 aliphatic carbocycles. The molecule has 2 aromatic rings. The number of carbonyl (C=O) groups excluding carboxylic acids is 1. The van der Waals surface area contributed by atoms with Crippen molar-refractivity contribution in [2.75, 3.05) is 6.54 Å². The van der Waals surface area contributed by atoms with Crippen molar-refractivity contribution in [3.05, 3.63) is 71.8 Å². The number of hydrogen-bond donors (Lipinski definition) is 2. The summed E-state index contributed by atoms with van der Waals surface area (Å²) in [4.78, 5) is 24.9. The van der Waals surface area contributed by atoms with Gasteiger partial charge < -0.3 is 15.7 Å². The average Bonchev–Trinajstić information content (AvgIpc) is 2.55. The summed E-state index contributed by atoms with van der Waals surface area (Å²) in [6, 6.07) is 18.7. The Kier molecular flexibility index (Phi) is 6.51. The highest BCUT2D eigenvalue weighted by atomic mass is 16.4. The van der Waals surface area contributed by atoms with Crippen LogP contribution in [0.3, 0.4) is 0 Å². The lowest BCUT2D eigenvalue weighted by molar-refractivity contribution is -0.145. The minimum Gasteiger partial charge on any atom is -0.480 e. The predicted octanol–water partition coefficient (Wildman–Crippen LogP) is 2.06. The molecule has 5 nitrogen and oxygen atoms in total. The van der Waals surface area contributed by atoms with Crippen LogP contribution in [0.2, 0.25) is 0 Å². The number of aliphatic carboxylic acids is 1. The van der Waals surface area contributed by atoms with Gasteiger partial charge in [-0.05, 0) is 17.5 Å². The number of benzene rings is 2. The van der Waals surface area contributed by atoms with Gasteiger partial charge in [0, 0.05) is 19.0 Å². The van der Waals surface area contributed by atoms with Crippen molar-refractivity contribution in [2.24, 2.45) is 5.73 Å². The van der Waals surface area contributed by atoms with Crippen LogP contribution in [0.4, 0.5) is 0 Å². The summed E-state index contributed by atoms with van der Waals surface area (Å²) in [6.07, 6.45) is 0.702. The number of carboxylic acids is 1. The summed E-state index contributed by atoms with van der Waals surface area (Å²) in [5.74, 6) is -1.28. The van der Waals surface area contributed by atoms with Crippen molar-refractivity contribution in [2.45, 2.75) is 25.4 Å². The van der Waals surface area contributed by atoms with E-state index in [2.05, 4.69) is 0 Å². The van der Waals surface area contributed by atoms with Gasteiger partial charge in [0.05, 0.1) is 0 Å². The molecule has 5 heteroatoms. The molecule has 0 radical (unpaired) electrons. The molecule has 0 heterocycles. The zero-order valence-electron chi connectivity index (χ0n) is 13.5. The predicted molar refractivity (Wildman–Crippen MR) is 92.2 cm³/mol. The van der Waals surface area contributed by atoms with E-state index in [9.17, 15) is 9.59 Å². The smallest absolute Gasteiger partial charge is 0.323 e. The van der Waals surface area contributed by atoms with E-state index in [0.717, 1.165) is 11.1 Å². The first kappa shape index (κ1) is 17.7. The number of nitrogens with zero attached hydrogens (tertiary/aromatic N) is 1. The third kappa shape index (κ3) is 5.85. The van der Waals surface area contributed by atoms with Crippen molar-refractivity contribution in [1.29, 1.82) is 0 Å². The number of carbonyl (C=O) groups is 2. The van der Waals surface area contributed by atoms with Crippen LogP contribution >= 0.6 is 0 Å². The average molecular weight is 326 g/mol. The van der Waals surface area contributed by atoms with Gasteiger partial charge in [-0.3, -0.25) is 9.59 Å². The van der Waals surface area contributed by atoms with Crippen LogP contribution in [-0.2, 0) is 22.6 Å². The highest BCUT2D eigenvalue weighted by Crippen LogP contribution is 2.09. The fourth-order valence-electron chi connectivity index (χ4n) is 2.54. The van der Waals surface area contributed by atoms with Crippen LogP contribution in [0.5, 0.6) is 0 Å². The summed E-state index contributed by atoms with van der Waals surface area (Å²) in [5, 5.41) is 9.05. The van der Waals surface area contributed by atoms with Crippen molar-refractivity contribution in [1.82, 2.24) is 4.90 Å². The Morgan fingerprint density at radius 3 is 2.04 bits per heavy atom. The second kappa shape index (κ2) is 8.84. The third-order valence-electron chi connectivity index (χ3n) is 3.67. The van der Waals surface area contributed by atoms with E-state index in [4.69, 9.17) is 10.8 Å². The largest absolute Gasteiger partial charge is 0.480 e. The third-order valence-corrected chi connectivity index (χ3v) is 3.67. The first-order valence-corrected chi connectivity index (χ1v) is 7.87. The maximum atomic E-state index is 12.5. The molecular weight excluding hydrogens is 304 g/mol. The van der Waals surface area contributed by atoms with E-state index >= 15 is 0 Å². The standard InChI is InChI=1S/C19H22N2O3/c20-17(11-15-7-3-1-4-8-15)12-18(22)21(14-19(23)24)13-16-9-5-2-6-10-16/h1-10,17H,11-14,20H2,(H,23,24)/t17-/m0/s1. The number of rotatable bonds is 8. The van der Waals surface area contributed by atoms with Crippen molar-refractivity contribution < 1.29 is 14.7 Å². The van der Waals surface area contributed by atoms with Gasteiger partial charge in [0.1, 0.15) is 6.54 Å². The number of amides is 1. The lowest BCUT2D eigenvalue weighted by Gasteiger charge is -2.22. The molecule has 0 bridgehead atoms. The van der Waals surface area contributed by atoms with Gasteiger partial charge in [-0.2, -0.15) is 0 Å². The van der Waals surface area contributed by atoms with E-state index in [1.54, 1.807) is 0 Å². The summed E-state index contributed by atoms with van der Waals surface area (Å²) in [7, 11) is 0. The van der Waals surface area contributed by atoms with Gasteiger partial charge in [0.2, 0.25) is 5.91 Å². The summed E-state index contributed by atoms with van der Waals surface area (Å²) in [5.41, 5.74) is 8.03. The lowest BCUT2D eigenvalue weighted by atomic mass is 10.0. The molecule has 0 fully saturated rings. The van der Waals surface area contributed by atoms with Crippen molar-refractivity contribution in [3.8, 4) is 0 Å². The monoisotopic (exact) mass is 326 g/mol. The van der Waals surface area contributed by atoms with E-state index in [0.29, 0.717) is 6.42 Å². The SMILES string of the molecule is N[C@H](CC(=O)N(CC(=O)O)Cc1ccccc1)Cc1ccccc1. The minimum absolute atomic E-state index is 0.120. The Morgan fingerprint density at radius 2 is 1.50 bits per heavy atom.